The molecule has 1 aliphatic rings. The summed E-state index contributed by atoms with van der Waals surface area (Å²) >= 11 is 0. The molecule has 0 radical (unpaired) electrons. The lowest BCUT2D eigenvalue weighted by molar-refractivity contribution is 0.130. The van der Waals surface area contributed by atoms with Crippen LogP contribution in [0.1, 0.15) is 18.1 Å². The summed E-state index contributed by atoms with van der Waals surface area (Å²) in [5.41, 5.74) is 3.69. The third-order valence-electron chi connectivity index (χ3n) is 4.08. The molecule has 1 heterocycles. The summed E-state index contributed by atoms with van der Waals surface area (Å²) in [6, 6.07) is 21.1. The standard InChI is InChI=1S/C19H23N3/c1-17(19-10-6-3-7-11-19)20-22-14-12-21(13-15-22)16-18-8-4-2-5-9-18/h2-11H,12-16H2,1H3/b20-17+. The molecule has 1 fully saturated rings. The maximum Gasteiger partial charge on any atom is 0.0646 e. The van der Waals surface area contributed by atoms with Gasteiger partial charge < -0.3 is 0 Å². The van der Waals surface area contributed by atoms with Crippen LogP contribution in [0.25, 0.3) is 0 Å². The lowest BCUT2D eigenvalue weighted by atomic mass is 10.1. The molecule has 22 heavy (non-hydrogen) atoms. The highest BCUT2D eigenvalue weighted by molar-refractivity contribution is 5.98. The van der Waals surface area contributed by atoms with Gasteiger partial charge in [-0.2, -0.15) is 5.10 Å². The maximum atomic E-state index is 4.77. The van der Waals surface area contributed by atoms with Gasteiger partial charge in [0, 0.05) is 32.7 Å². The van der Waals surface area contributed by atoms with E-state index in [-0.39, 0.29) is 0 Å². The number of hydrogen-bond donors (Lipinski definition) is 0. The SMILES string of the molecule is C/C(=N\N1CCN(Cc2ccccc2)CC1)c1ccccc1. The van der Waals surface area contributed by atoms with Crippen LogP contribution in [-0.4, -0.2) is 41.8 Å². The van der Waals surface area contributed by atoms with Crippen molar-refractivity contribution < 1.29 is 0 Å². The molecule has 0 unspecified atom stereocenters. The molecule has 0 atom stereocenters. The molecule has 0 spiro atoms. The molecule has 0 aliphatic carbocycles. The van der Waals surface area contributed by atoms with Crippen molar-refractivity contribution in [1.29, 1.82) is 0 Å². The molecule has 0 saturated carbocycles. The van der Waals surface area contributed by atoms with Crippen LogP contribution in [0.4, 0.5) is 0 Å². The van der Waals surface area contributed by atoms with Gasteiger partial charge in [-0.1, -0.05) is 60.7 Å². The summed E-state index contributed by atoms with van der Waals surface area (Å²) in [6.07, 6.45) is 0. The highest BCUT2D eigenvalue weighted by Crippen LogP contribution is 2.10. The normalized spacial score (nSPS) is 16.8. The lowest BCUT2D eigenvalue weighted by Gasteiger charge is -2.33. The number of piperazine rings is 1. The first kappa shape index (κ1) is 14.8. The number of hydrogen-bond acceptors (Lipinski definition) is 3. The zero-order valence-electron chi connectivity index (χ0n) is 13.2. The van der Waals surface area contributed by atoms with Crippen LogP contribution < -0.4 is 0 Å². The first-order valence-corrected chi connectivity index (χ1v) is 7.93. The Hall–Kier alpha value is -2.13. The van der Waals surface area contributed by atoms with Gasteiger partial charge in [0.2, 0.25) is 0 Å². The van der Waals surface area contributed by atoms with Gasteiger partial charge in [0.15, 0.2) is 0 Å². The van der Waals surface area contributed by atoms with Crippen LogP contribution in [-0.2, 0) is 6.54 Å². The van der Waals surface area contributed by atoms with E-state index in [2.05, 4.69) is 71.4 Å². The summed E-state index contributed by atoms with van der Waals surface area (Å²) < 4.78 is 0. The van der Waals surface area contributed by atoms with E-state index in [1.165, 1.54) is 11.1 Å². The number of benzene rings is 2. The smallest absolute Gasteiger partial charge is 0.0646 e. The van der Waals surface area contributed by atoms with Crippen LogP contribution in [0.5, 0.6) is 0 Å². The maximum absolute atomic E-state index is 4.77. The van der Waals surface area contributed by atoms with E-state index in [4.69, 9.17) is 5.10 Å². The van der Waals surface area contributed by atoms with E-state index in [1.807, 2.05) is 6.07 Å². The molecule has 0 aromatic heterocycles. The minimum atomic E-state index is 0.997. The summed E-state index contributed by atoms with van der Waals surface area (Å²) in [7, 11) is 0. The summed E-state index contributed by atoms with van der Waals surface area (Å²) in [5.74, 6) is 0. The molecule has 114 valence electrons. The van der Waals surface area contributed by atoms with Gasteiger partial charge in [0.25, 0.3) is 0 Å². The fraction of sp³-hybridized carbons (Fsp3) is 0.316. The van der Waals surface area contributed by atoms with Crippen molar-refractivity contribution in [2.75, 3.05) is 26.2 Å². The Bertz CT molecular complexity index is 599. The highest BCUT2D eigenvalue weighted by Gasteiger charge is 2.15. The molecule has 0 N–H and O–H groups in total. The average molecular weight is 293 g/mol. The van der Waals surface area contributed by atoms with E-state index in [0.29, 0.717) is 0 Å². The monoisotopic (exact) mass is 293 g/mol. The van der Waals surface area contributed by atoms with Crippen molar-refractivity contribution in [1.82, 2.24) is 9.91 Å². The van der Waals surface area contributed by atoms with Gasteiger partial charge in [-0.25, -0.2) is 0 Å². The van der Waals surface area contributed by atoms with Crippen molar-refractivity contribution in [3.8, 4) is 0 Å². The van der Waals surface area contributed by atoms with Crippen LogP contribution >= 0.6 is 0 Å². The summed E-state index contributed by atoms with van der Waals surface area (Å²) in [5, 5.41) is 6.97. The summed E-state index contributed by atoms with van der Waals surface area (Å²) in [6.45, 7) is 7.26. The molecule has 0 amide bonds. The van der Waals surface area contributed by atoms with Gasteiger partial charge >= 0.3 is 0 Å². The quantitative estimate of drug-likeness (QED) is 0.806. The zero-order valence-corrected chi connectivity index (χ0v) is 13.2. The first-order chi connectivity index (χ1) is 10.8. The molecule has 1 aliphatic heterocycles. The Kier molecular flexibility index (Phi) is 4.86. The third-order valence-corrected chi connectivity index (χ3v) is 4.08. The van der Waals surface area contributed by atoms with Gasteiger partial charge in [0.05, 0.1) is 5.71 Å². The first-order valence-electron chi connectivity index (χ1n) is 7.93. The molecule has 2 aromatic rings. The number of hydrazone groups is 1. The fourth-order valence-electron chi connectivity index (χ4n) is 2.79. The largest absolute Gasteiger partial charge is 0.295 e. The van der Waals surface area contributed by atoms with Gasteiger partial charge in [-0.15, -0.1) is 0 Å². The Labute approximate surface area is 132 Å². The van der Waals surface area contributed by atoms with E-state index < -0.39 is 0 Å². The van der Waals surface area contributed by atoms with Gasteiger partial charge in [-0.3, -0.25) is 9.91 Å². The number of rotatable bonds is 4. The topological polar surface area (TPSA) is 18.8 Å². The Morgan fingerprint density at radius 2 is 1.45 bits per heavy atom. The second-order valence-electron chi connectivity index (χ2n) is 5.77. The molecular formula is C19H23N3. The molecule has 3 nitrogen and oxygen atoms in total. The zero-order chi connectivity index (χ0) is 15.2. The van der Waals surface area contributed by atoms with Crippen LogP contribution in [0.15, 0.2) is 65.8 Å². The van der Waals surface area contributed by atoms with E-state index in [1.54, 1.807) is 0 Å². The number of nitrogens with zero attached hydrogens (tertiary/aromatic N) is 3. The van der Waals surface area contributed by atoms with Gasteiger partial charge in [-0.05, 0) is 18.1 Å². The fourth-order valence-corrected chi connectivity index (χ4v) is 2.79. The van der Waals surface area contributed by atoms with Crippen LogP contribution in [0, 0.1) is 0 Å². The predicted octanol–water partition coefficient (Wildman–Crippen LogP) is 3.23. The summed E-state index contributed by atoms with van der Waals surface area (Å²) in [4.78, 5) is 2.50. The second-order valence-corrected chi connectivity index (χ2v) is 5.77. The average Bonchev–Trinajstić information content (AvgIpc) is 2.58. The predicted molar refractivity (Wildman–Crippen MR) is 91.9 cm³/mol. The van der Waals surface area contributed by atoms with Crippen molar-refractivity contribution in [3.05, 3.63) is 71.8 Å². The Morgan fingerprint density at radius 3 is 2.09 bits per heavy atom. The van der Waals surface area contributed by atoms with E-state index in [9.17, 15) is 0 Å². The van der Waals surface area contributed by atoms with Crippen molar-refractivity contribution in [2.24, 2.45) is 5.10 Å². The Morgan fingerprint density at radius 1 is 0.864 bits per heavy atom. The second kappa shape index (κ2) is 7.23. The van der Waals surface area contributed by atoms with Crippen molar-refractivity contribution in [2.45, 2.75) is 13.5 Å². The molecule has 0 bridgehead atoms. The van der Waals surface area contributed by atoms with Crippen LogP contribution in [0.3, 0.4) is 0 Å². The molecule has 3 rings (SSSR count). The van der Waals surface area contributed by atoms with E-state index in [0.717, 1.165) is 38.4 Å². The Balaban J connectivity index is 1.53. The van der Waals surface area contributed by atoms with Crippen LogP contribution in [0.2, 0.25) is 0 Å². The molecule has 1 saturated heterocycles. The third kappa shape index (κ3) is 3.95. The van der Waals surface area contributed by atoms with Crippen molar-refractivity contribution >= 4 is 5.71 Å². The van der Waals surface area contributed by atoms with Crippen molar-refractivity contribution in [3.63, 3.8) is 0 Å². The highest BCUT2D eigenvalue weighted by atomic mass is 15.5. The van der Waals surface area contributed by atoms with E-state index >= 15 is 0 Å². The molecule has 2 aromatic carbocycles. The minimum absolute atomic E-state index is 0.997. The lowest BCUT2D eigenvalue weighted by Crippen LogP contribution is -2.43. The molecule has 3 heteroatoms. The minimum Gasteiger partial charge on any atom is -0.295 e. The van der Waals surface area contributed by atoms with Gasteiger partial charge in [0.1, 0.15) is 0 Å². The molecular weight excluding hydrogens is 270 g/mol.